The lowest BCUT2D eigenvalue weighted by atomic mass is 9.93. The van der Waals surface area contributed by atoms with Crippen LogP contribution in [0.2, 0.25) is 0 Å². The van der Waals surface area contributed by atoms with Crippen molar-refractivity contribution in [2.75, 3.05) is 0 Å². The highest BCUT2D eigenvalue weighted by Crippen LogP contribution is 2.34. The predicted octanol–water partition coefficient (Wildman–Crippen LogP) is 1.26. The Balaban J connectivity index is 2.28. The van der Waals surface area contributed by atoms with Gasteiger partial charge in [0.25, 0.3) is 11.8 Å². The summed E-state index contributed by atoms with van der Waals surface area (Å²) in [4.78, 5) is 36.2. The fourth-order valence-corrected chi connectivity index (χ4v) is 2.45. The number of imide groups is 1. The van der Waals surface area contributed by atoms with E-state index in [0.29, 0.717) is 24.0 Å². The molecule has 1 N–H and O–H groups in total. The number of carboxylic acid groups (broad SMARTS) is 1. The number of hydrogen-bond acceptors (Lipinski definition) is 3. The second kappa shape index (κ2) is 4.40. The normalized spacial score (nSPS) is 21.1. The van der Waals surface area contributed by atoms with Crippen molar-refractivity contribution in [1.29, 1.82) is 0 Å². The van der Waals surface area contributed by atoms with Crippen LogP contribution in [0.4, 0.5) is 0 Å². The zero-order valence-electron chi connectivity index (χ0n) is 10.2. The summed E-state index contributed by atoms with van der Waals surface area (Å²) in [5, 5.41) is 8.88. The molecule has 0 aromatic rings. The smallest absolute Gasteiger partial charge is 0.333 e. The molecule has 5 heteroatoms. The van der Waals surface area contributed by atoms with E-state index >= 15 is 0 Å². The van der Waals surface area contributed by atoms with Gasteiger partial charge in [-0.05, 0) is 32.6 Å². The highest BCUT2D eigenvalue weighted by molar-refractivity contribution is 6.20. The highest BCUT2D eigenvalue weighted by Gasteiger charge is 2.42. The van der Waals surface area contributed by atoms with E-state index in [9.17, 15) is 14.4 Å². The molecule has 0 radical (unpaired) electrons. The minimum Gasteiger partial charge on any atom is -0.478 e. The lowest BCUT2D eigenvalue weighted by Crippen LogP contribution is -2.41. The van der Waals surface area contributed by atoms with E-state index in [2.05, 4.69) is 6.58 Å². The molecule has 0 bridgehead atoms. The molecular weight excluding hydrogens is 234 g/mol. The molecular formula is C13H15NO4. The van der Waals surface area contributed by atoms with Crippen molar-refractivity contribution in [2.45, 2.75) is 38.6 Å². The zero-order valence-corrected chi connectivity index (χ0v) is 10.2. The van der Waals surface area contributed by atoms with Crippen LogP contribution in [0.15, 0.2) is 23.3 Å². The van der Waals surface area contributed by atoms with Gasteiger partial charge in [-0.3, -0.25) is 14.5 Å². The van der Waals surface area contributed by atoms with Crippen molar-refractivity contribution >= 4 is 17.8 Å². The number of amides is 2. The molecule has 2 aliphatic rings. The second-order valence-corrected chi connectivity index (χ2v) is 4.65. The van der Waals surface area contributed by atoms with E-state index in [-0.39, 0.29) is 17.4 Å². The summed E-state index contributed by atoms with van der Waals surface area (Å²) in [5.41, 5.74) is 0.990. The number of hydrogen-bond donors (Lipinski definition) is 1. The number of carbonyl (C=O) groups excluding carboxylic acids is 2. The van der Waals surface area contributed by atoms with Crippen molar-refractivity contribution in [2.24, 2.45) is 0 Å². The van der Waals surface area contributed by atoms with Gasteiger partial charge < -0.3 is 5.11 Å². The van der Waals surface area contributed by atoms with E-state index in [4.69, 9.17) is 5.11 Å². The molecule has 1 unspecified atom stereocenters. The number of carbonyl (C=O) groups is 3. The molecule has 0 saturated carbocycles. The summed E-state index contributed by atoms with van der Waals surface area (Å²) in [7, 11) is 0. The van der Waals surface area contributed by atoms with Gasteiger partial charge in [-0.15, -0.1) is 0 Å². The number of carboxylic acids is 1. The quantitative estimate of drug-likeness (QED) is 0.603. The molecule has 2 amide bonds. The lowest BCUT2D eigenvalue weighted by molar-refractivity contribution is -0.140. The number of aliphatic carboxylic acids is 1. The van der Waals surface area contributed by atoms with Crippen LogP contribution in [0.3, 0.4) is 0 Å². The monoisotopic (exact) mass is 249 g/mol. The third kappa shape index (κ3) is 1.75. The SMILES string of the molecule is C=C(C(=O)O)C(C)N1C(=O)C2=C(CCCC2)C1=O. The first-order chi connectivity index (χ1) is 8.45. The van der Waals surface area contributed by atoms with Crippen LogP contribution >= 0.6 is 0 Å². The summed E-state index contributed by atoms with van der Waals surface area (Å²) in [6.45, 7) is 4.94. The number of nitrogens with zero attached hydrogens (tertiary/aromatic N) is 1. The molecule has 0 aromatic heterocycles. The van der Waals surface area contributed by atoms with E-state index in [1.807, 2.05) is 0 Å². The Morgan fingerprint density at radius 2 is 1.67 bits per heavy atom. The Morgan fingerprint density at radius 1 is 1.22 bits per heavy atom. The summed E-state index contributed by atoms with van der Waals surface area (Å²) >= 11 is 0. The van der Waals surface area contributed by atoms with Crippen molar-refractivity contribution in [3.63, 3.8) is 0 Å². The van der Waals surface area contributed by atoms with Gasteiger partial charge in [-0.2, -0.15) is 0 Å². The minimum absolute atomic E-state index is 0.142. The summed E-state index contributed by atoms with van der Waals surface area (Å²) in [6, 6.07) is -0.798. The Kier molecular flexibility index (Phi) is 3.07. The van der Waals surface area contributed by atoms with Gasteiger partial charge in [0.2, 0.25) is 0 Å². The Bertz CT molecular complexity index is 461. The topological polar surface area (TPSA) is 74.7 Å². The third-order valence-electron chi connectivity index (χ3n) is 3.59. The minimum atomic E-state index is -1.19. The Morgan fingerprint density at radius 3 is 2.06 bits per heavy atom. The van der Waals surface area contributed by atoms with Crippen LogP contribution in [0.5, 0.6) is 0 Å². The Labute approximate surface area is 105 Å². The van der Waals surface area contributed by atoms with Gasteiger partial charge in [-0.25, -0.2) is 4.79 Å². The molecule has 1 aliphatic heterocycles. The first kappa shape index (κ1) is 12.5. The van der Waals surface area contributed by atoms with Crippen molar-refractivity contribution < 1.29 is 19.5 Å². The average molecular weight is 249 g/mol. The maximum Gasteiger partial charge on any atom is 0.333 e. The zero-order chi connectivity index (χ0) is 13.4. The predicted molar refractivity (Wildman–Crippen MR) is 63.6 cm³/mol. The van der Waals surface area contributed by atoms with E-state index < -0.39 is 12.0 Å². The van der Waals surface area contributed by atoms with Crippen molar-refractivity contribution in [3.8, 4) is 0 Å². The third-order valence-corrected chi connectivity index (χ3v) is 3.59. The number of rotatable bonds is 3. The largest absolute Gasteiger partial charge is 0.478 e. The molecule has 1 atom stereocenters. The highest BCUT2D eigenvalue weighted by atomic mass is 16.4. The van der Waals surface area contributed by atoms with E-state index in [0.717, 1.165) is 17.7 Å². The van der Waals surface area contributed by atoms with Crippen molar-refractivity contribution in [1.82, 2.24) is 4.90 Å². The first-order valence-corrected chi connectivity index (χ1v) is 5.97. The fourth-order valence-electron chi connectivity index (χ4n) is 2.45. The first-order valence-electron chi connectivity index (χ1n) is 5.97. The summed E-state index contributed by atoms with van der Waals surface area (Å²) in [6.07, 6.45) is 3.03. The molecule has 0 fully saturated rings. The van der Waals surface area contributed by atoms with Gasteiger partial charge in [0.1, 0.15) is 0 Å². The average Bonchev–Trinajstić information content (AvgIpc) is 2.61. The van der Waals surface area contributed by atoms with Crippen LogP contribution in [0.25, 0.3) is 0 Å². The maximum atomic E-state index is 12.1. The van der Waals surface area contributed by atoms with Gasteiger partial charge in [0.15, 0.2) is 0 Å². The van der Waals surface area contributed by atoms with Crippen LogP contribution < -0.4 is 0 Å². The Hall–Kier alpha value is -1.91. The maximum absolute atomic E-state index is 12.1. The van der Waals surface area contributed by atoms with Gasteiger partial charge in [-0.1, -0.05) is 6.58 Å². The van der Waals surface area contributed by atoms with Crippen LogP contribution in [0.1, 0.15) is 32.6 Å². The van der Waals surface area contributed by atoms with Gasteiger partial charge in [0.05, 0.1) is 11.6 Å². The fraction of sp³-hybridized carbons (Fsp3) is 0.462. The van der Waals surface area contributed by atoms with E-state index in [1.165, 1.54) is 6.92 Å². The lowest BCUT2D eigenvalue weighted by Gasteiger charge is -2.23. The van der Waals surface area contributed by atoms with Gasteiger partial charge in [0, 0.05) is 11.1 Å². The second-order valence-electron chi connectivity index (χ2n) is 4.65. The molecule has 0 saturated heterocycles. The summed E-state index contributed by atoms with van der Waals surface area (Å²) < 4.78 is 0. The van der Waals surface area contributed by atoms with Gasteiger partial charge >= 0.3 is 5.97 Å². The van der Waals surface area contributed by atoms with Crippen LogP contribution in [-0.2, 0) is 14.4 Å². The summed E-state index contributed by atoms with van der Waals surface area (Å²) in [5.74, 6) is -1.87. The molecule has 1 aliphatic carbocycles. The van der Waals surface area contributed by atoms with Crippen molar-refractivity contribution in [3.05, 3.63) is 23.3 Å². The molecule has 2 rings (SSSR count). The molecule has 1 heterocycles. The molecule has 0 spiro atoms. The van der Waals surface area contributed by atoms with Crippen LogP contribution in [-0.4, -0.2) is 33.8 Å². The molecule has 96 valence electrons. The van der Waals surface area contributed by atoms with E-state index in [1.54, 1.807) is 0 Å². The standard InChI is InChI=1S/C13H15NO4/c1-7(13(17)18)8(2)14-11(15)9-5-3-4-6-10(9)12(14)16/h8H,1,3-6H2,2H3,(H,17,18). The molecule has 18 heavy (non-hydrogen) atoms. The van der Waals surface area contributed by atoms with Crippen LogP contribution in [0, 0.1) is 0 Å². The molecule has 5 nitrogen and oxygen atoms in total. The molecule has 0 aromatic carbocycles.